The highest BCUT2D eigenvalue weighted by molar-refractivity contribution is 5.72. The van der Waals surface area contributed by atoms with Crippen LogP contribution in [0.25, 0.3) is 0 Å². The first kappa shape index (κ1) is 16.9. The molecule has 0 radical (unpaired) electrons. The summed E-state index contributed by atoms with van der Waals surface area (Å²) in [6, 6.07) is 0. The van der Waals surface area contributed by atoms with Gasteiger partial charge in [0.2, 0.25) is 0 Å². The van der Waals surface area contributed by atoms with Crippen molar-refractivity contribution in [3.05, 3.63) is 0 Å². The van der Waals surface area contributed by atoms with E-state index in [1.165, 1.54) is 0 Å². The number of carbonyl (C=O) groups is 2. The minimum absolute atomic E-state index is 0.0947. The van der Waals surface area contributed by atoms with E-state index in [0.717, 1.165) is 0 Å². The summed E-state index contributed by atoms with van der Waals surface area (Å²) in [6.45, 7) is 4.71. The van der Waals surface area contributed by atoms with Crippen LogP contribution in [0.15, 0.2) is 0 Å². The maximum absolute atomic E-state index is 11.6. The summed E-state index contributed by atoms with van der Waals surface area (Å²) in [6.07, 6.45) is 2.31. The molecule has 0 heterocycles. The van der Waals surface area contributed by atoms with Crippen molar-refractivity contribution in [3.63, 3.8) is 0 Å². The molecule has 1 saturated carbocycles. The molecule has 1 aliphatic carbocycles. The minimum atomic E-state index is -0.852. The van der Waals surface area contributed by atoms with Crippen LogP contribution < -0.4 is 5.32 Å². The third kappa shape index (κ3) is 5.46. The fourth-order valence-corrected chi connectivity index (χ4v) is 2.44. The molecule has 1 rings (SSSR count). The highest BCUT2D eigenvalue weighted by Crippen LogP contribution is 2.32. The lowest BCUT2D eigenvalue weighted by atomic mass is 9.79. The van der Waals surface area contributed by atoms with Crippen LogP contribution in [0.1, 0.15) is 39.5 Å². The van der Waals surface area contributed by atoms with E-state index >= 15 is 0 Å². The first-order valence-corrected chi connectivity index (χ1v) is 7.26. The Balaban J connectivity index is 2.28. The third-order valence-corrected chi connectivity index (χ3v) is 3.56. The number of ether oxygens (including phenoxy) is 2. The summed E-state index contributed by atoms with van der Waals surface area (Å²) in [5, 5.41) is 13.3. The van der Waals surface area contributed by atoms with E-state index in [9.17, 15) is 14.7 Å². The summed E-state index contributed by atoms with van der Waals surface area (Å²) in [5.74, 6) is -0.606. The van der Waals surface area contributed by atoms with Crippen molar-refractivity contribution in [3.8, 4) is 0 Å². The zero-order chi connectivity index (χ0) is 15.0. The van der Waals surface area contributed by atoms with Crippen molar-refractivity contribution in [1.29, 1.82) is 0 Å². The molecule has 1 fully saturated rings. The summed E-state index contributed by atoms with van der Waals surface area (Å²) in [4.78, 5) is 22.8. The Morgan fingerprint density at radius 3 is 2.35 bits per heavy atom. The third-order valence-electron chi connectivity index (χ3n) is 3.56. The zero-order valence-corrected chi connectivity index (χ0v) is 12.3. The topological polar surface area (TPSA) is 84.9 Å². The quantitative estimate of drug-likeness (QED) is 0.668. The van der Waals surface area contributed by atoms with Crippen LogP contribution in [-0.4, -0.2) is 48.9 Å². The summed E-state index contributed by atoms with van der Waals surface area (Å²) >= 11 is 0. The number of hydrogen-bond acceptors (Lipinski definition) is 6. The largest absolute Gasteiger partial charge is 0.466 e. The van der Waals surface area contributed by atoms with Crippen LogP contribution in [0.5, 0.6) is 0 Å². The Kier molecular flexibility index (Phi) is 6.95. The van der Waals surface area contributed by atoms with Crippen LogP contribution in [0.4, 0.5) is 0 Å². The van der Waals surface area contributed by atoms with Crippen LogP contribution in [-0.2, 0) is 19.1 Å². The number of rotatable bonds is 7. The van der Waals surface area contributed by atoms with Gasteiger partial charge >= 0.3 is 11.9 Å². The lowest BCUT2D eigenvalue weighted by molar-refractivity contribution is -0.151. The Morgan fingerprint density at radius 2 is 1.80 bits per heavy atom. The van der Waals surface area contributed by atoms with Crippen molar-refractivity contribution in [2.75, 3.05) is 26.3 Å². The number of esters is 2. The van der Waals surface area contributed by atoms with Crippen LogP contribution >= 0.6 is 0 Å². The minimum Gasteiger partial charge on any atom is -0.466 e. The van der Waals surface area contributed by atoms with Crippen LogP contribution in [0.3, 0.4) is 0 Å². The predicted octanol–water partition coefficient (Wildman–Crippen LogP) is 0.623. The second-order valence-corrected chi connectivity index (χ2v) is 5.16. The molecule has 2 N–H and O–H groups in total. The molecule has 6 nitrogen and oxygen atoms in total. The molecule has 0 aromatic rings. The molecule has 0 bridgehead atoms. The molecule has 0 aromatic carbocycles. The van der Waals surface area contributed by atoms with Crippen LogP contribution in [0.2, 0.25) is 0 Å². The second kappa shape index (κ2) is 8.21. The van der Waals surface area contributed by atoms with Gasteiger partial charge in [0.15, 0.2) is 0 Å². The molecule has 1 aliphatic rings. The number of aliphatic hydroxyl groups is 1. The van der Waals surface area contributed by atoms with Crippen molar-refractivity contribution >= 4 is 11.9 Å². The van der Waals surface area contributed by atoms with E-state index in [-0.39, 0.29) is 24.4 Å². The molecule has 0 amide bonds. The van der Waals surface area contributed by atoms with E-state index < -0.39 is 5.60 Å². The van der Waals surface area contributed by atoms with Gasteiger partial charge in [-0.15, -0.1) is 0 Å². The van der Waals surface area contributed by atoms with Gasteiger partial charge in [0.05, 0.1) is 31.3 Å². The Labute approximate surface area is 119 Å². The highest BCUT2D eigenvalue weighted by Gasteiger charge is 2.36. The van der Waals surface area contributed by atoms with Crippen LogP contribution in [0, 0.1) is 5.92 Å². The van der Waals surface area contributed by atoms with E-state index in [0.29, 0.717) is 45.4 Å². The Hall–Kier alpha value is -1.14. The molecule has 0 spiro atoms. The number of nitrogens with one attached hydrogen (secondary N) is 1. The molecular weight excluding hydrogens is 262 g/mol. The zero-order valence-electron chi connectivity index (χ0n) is 12.3. The Bertz CT molecular complexity index is 318. The maximum Gasteiger partial charge on any atom is 0.319 e. The fraction of sp³-hybridized carbons (Fsp3) is 0.857. The average Bonchev–Trinajstić information content (AvgIpc) is 2.40. The van der Waals surface area contributed by atoms with Gasteiger partial charge in [-0.3, -0.25) is 9.59 Å². The van der Waals surface area contributed by atoms with Gasteiger partial charge in [-0.1, -0.05) is 0 Å². The summed E-state index contributed by atoms with van der Waals surface area (Å²) in [5.41, 5.74) is -0.852. The molecular formula is C14H25NO5. The first-order chi connectivity index (χ1) is 9.50. The van der Waals surface area contributed by atoms with Gasteiger partial charge in [-0.05, 0) is 39.5 Å². The number of carbonyl (C=O) groups excluding carboxylic acids is 2. The van der Waals surface area contributed by atoms with E-state index in [1.54, 1.807) is 13.8 Å². The van der Waals surface area contributed by atoms with Crippen molar-refractivity contribution in [1.82, 2.24) is 5.32 Å². The van der Waals surface area contributed by atoms with Gasteiger partial charge < -0.3 is 19.9 Å². The summed E-state index contributed by atoms with van der Waals surface area (Å²) < 4.78 is 9.79. The lowest BCUT2D eigenvalue weighted by Gasteiger charge is -2.35. The first-order valence-electron chi connectivity index (χ1n) is 7.26. The molecule has 20 heavy (non-hydrogen) atoms. The van der Waals surface area contributed by atoms with E-state index in [4.69, 9.17) is 9.47 Å². The molecule has 0 unspecified atom stereocenters. The lowest BCUT2D eigenvalue weighted by Crippen LogP contribution is -2.45. The predicted molar refractivity (Wildman–Crippen MR) is 73.0 cm³/mol. The van der Waals surface area contributed by atoms with Gasteiger partial charge in [0.1, 0.15) is 0 Å². The van der Waals surface area contributed by atoms with Gasteiger partial charge in [0.25, 0.3) is 0 Å². The maximum atomic E-state index is 11.6. The molecule has 0 aromatic heterocycles. The molecule has 0 atom stereocenters. The standard InChI is InChI=1S/C14H25NO5/c1-3-19-12(16)9-15-10-14(18)7-5-11(6-8-14)13(17)20-4-2/h11,15,18H,3-10H2,1-2H3. The normalized spacial score (nSPS) is 26.1. The molecule has 116 valence electrons. The van der Waals surface area contributed by atoms with E-state index in [2.05, 4.69) is 5.32 Å². The van der Waals surface area contributed by atoms with E-state index in [1.807, 2.05) is 0 Å². The Morgan fingerprint density at radius 1 is 1.20 bits per heavy atom. The van der Waals surface area contributed by atoms with Gasteiger partial charge in [-0.25, -0.2) is 0 Å². The second-order valence-electron chi connectivity index (χ2n) is 5.16. The van der Waals surface area contributed by atoms with Crippen molar-refractivity contribution in [2.45, 2.75) is 45.1 Å². The summed E-state index contributed by atoms with van der Waals surface area (Å²) in [7, 11) is 0. The highest BCUT2D eigenvalue weighted by atomic mass is 16.5. The number of hydrogen-bond donors (Lipinski definition) is 2. The SMILES string of the molecule is CCOC(=O)CNCC1(O)CCC(C(=O)OCC)CC1. The molecule has 6 heteroatoms. The van der Waals surface area contributed by atoms with Crippen molar-refractivity contribution in [2.24, 2.45) is 5.92 Å². The average molecular weight is 287 g/mol. The smallest absolute Gasteiger partial charge is 0.319 e. The van der Waals surface area contributed by atoms with Crippen molar-refractivity contribution < 1.29 is 24.2 Å². The molecule has 0 saturated heterocycles. The van der Waals surface area contributed by atoms with Gasteiger partial charge in [0, 0.05) is 6.54 Å². The monoisotopic (exact) mass is 287 g/mol. The molecule has 0 aliphatic heterocycles. The fourth-order valence-electron chi connectivity index (χ4n) is 2.44. The van der Waals surface area contributed by atoms with Gasteiger partial charge in [-0.2, -0.15) is 0 Å².